The number of carbonyl (C=O) groups is 1. The molecule has 1 aromatic heterocycles. The van der Waals surface area contributed by atoms with Crippen molar-refractivity contribution in [3.8, 4) is 0 Å². The summed E-state index contributed by atoms with van der Waals surface area (Å²) in [6.45, 7) is 1.94. The number of benzene rings is 1. The van der Waals surface area contributed by atoms with Crippen LogP contribution in [0.4, 0.5) is 0 Å². The Morgan fingerprint density at radius 3 is 2.52 bits per heavy atom. The molecule has 1 heterocycles. The van der Waals surface area contributed by atoms with Gasteiger partial charge in [-0.05, 0) is 25.0 Å². The number of rotatable bonds is 6. The molecule has 23 heavy (non-hydrogen) atoms. The first kappa shape index (κ1) is 17.2. The van der Waals surface area contributed by atoms with E-state index in [1.54, 1.807) is 14.0 Å². The number of nitrogens with zero attached hydrogens (tertiary/aromatic N) is 1. The Hall–Kier alpha value is -2.12. The monoisotopic (exact) mass is 336 g/mol. The first-order valence-electron chi connectivity index (χ1n) is 7.15. The zero-order chi connectivity index (χ0) is 17.0. The maximum atomic E-state index is 12.4. The minimum atomic E-state index is -3.68. The molecule has 0 saturated carbocycles. The molecule has 2 rings (SSSR count). The summed E-state index contributed by atoms with van der Waals surface area (Å²) >= 11 is 0. The summed E-state index contributed by atoms with van der Waals surface area (Å²) in [5.74, 6) is -0.568. The summed E-state index contributed by atoms with van der Waals surface area (Å²) in [7, 11) is -0.793. The number of sulfonamides is 1. The van der Waals surface area contributed by atoms with Crippen LogP contribution in [0.15, 0.2) is 41.3 Å². The maximum Gasteiger partial charge on any atom is 0.354 e. The van der Waals surface area contributed by atoms with Crippen LogP contribution in [0.3, 0.4) is 0 Å². The molecule has 0 saturated heterocycles. The van der Waals surface area contributed by atoms with Gasteiger partial charge in [0.2, 0.25) is 10.0 Å². The molecule has 6 nitrogen and oxygen atoms in total. The highest BCUT2D eigenvalue weighted by Gasteiger charge is 2.24. The fraction of sp³-hybridized carbons (Fsp3) is 0.312. The highest BCUT2D eigenvalue weighted by molar-refractivity contribution is 7.89. The van der Waals surface area contributed by atoms with E-state index in [-0.39, 0.29) is 17.1 Å². The molecule has 0 radical (unpaired) electrons. The van der Waals surface area contributed by atoms with E-state index in [9.17, 15) is 13.2 Å². The predicted octanol–water partition coefficient (Wildman–Crippen LogP) is 1.64. The number of hydrogen-bond acceptors (Lipinski definition) is 4. The second-order valence-electron chi connectivity index (χ2n) is 5.16. The Kier molecular flexibility index (Phi) is 5.23. The molecule has 0 atom stereocenters. The van der Waals surface area contributed by atoms with Gasteiger partial charge in [0.25, 0.3) is 0 Å². The van der Waals surface area contributed by atoms with Crippen molar-refractivity contribution in [2.75, 3.05) is 13.7 Å². The summed E-state index contributed by atoms with van der Waals surface area (Å²) in [5.41, 5.74) is 1.74. The Balaban J connectivity index is 2.15. The van der Waals surface area contributed by atoms with Gasteiger partial charge in [0.1, 0.15) is 10.6 Å². The molecule has 1 N–H and O–H groups in total. The lowest BCUT2D eigenvalue weighted by Crippen LogP contribution is -2.26. The first-order valence-corrected chi connectivity index (χ1v) is 8.63. The van der Waals surface area contributed by atoms with Crippen LogP contribution in [-0.4, -0.2) is 32.6 Å². The maximum absolute atomic E-state index is 12.4. The highest BCUT2D eigenvalue weighted by atomic mass is 32.2. The molecule has 0 fully saturated rings. The summed E-state index contributed by atoms with van der Waals surface area (Å²) in [5, 5.41) is 0. The van der Waals surface area contributed by atoms with Crippen molar-refractivity contribution in [2.24, 2.45) is 7.05 Å². The van der Waals surface area contributed by atoms with Gasteiger partial charge in [-0.2, -0.15) is 0 Å². The Morgan fingerprint density at radius 2 is 1.91 bits per heavy atom. The quantitative estimate of drug-likeness (QED) is 0.814. The zero-order valence-corrected chi connectivity index (χ0v) is 14.2. The SMILES string of the molecule is COC(=O)c1cc(S(=O)(=O)NCCc2ccccc2)c(C)n1C. The van der Waals surface area contributed by atoms with E-state index < -0.39 is 16.0 Å². The Labute approximate surface area is 136 Å². The molecule has 0 spiro atoms. The number of carbonyl (C=O) groups excluding carboxylic acids is 1. The van der Waals surface area contributed by atoms with E-state index in [0.717, 1.165) is 5.56 Å². The van der Waals surface area contributed by atoms with Gasteiger partial charge in [0.15, 0.2) is 0 Å². The molecule has 0 aliphatic heterocycles. The van der Waals surface area contributed by atoms with Crippen LogP contribution in [0.5, 0.6) is 0 Å². The minimum Gasteiger partial charge on any atom is -0.464 e. The number of nitrogens with one attached hydrogen (secondary N) is 1. The third-order valence-corrected chi connectivity index (χ3v) is 5.30. The summed E-state index contributed by atoms with van der Waals surface area (Å²) in [4.78, 5) is 11.8. The molecule has 0 bridgehead atoms. The van der Waals surface area contributed by atoms with Crippen molar-refractivity contribution in [1.82, 2.24) is 9.29 Å². The molecule has 0 unspecified atom stereocenters. The number of esters is 1. The average Bonchev–Trinajstić information content (AvgIpc) is 2.84. The first-order chi connectivity index (χ1) is 10.9. The lowest BCUT2D eigenvalue weighted by Gasteiger charge is -2.07. The van der Waals surface area contributed by atoms with E-state index in [2.05, 4.69) is 9.46 Å². The largest absolute Gasteiger partial charge is 0.464 e. The van der Waals surface area contributed by atoms with E-state index in [1.165, 1.54) is 17.7 Å². The zero-order valence-electron chi connectivity index (χ0n) is 13.4. The normalized spacial score (nSPS) is 11.4. The van der Waals surface area contributed by atoms with Crippen molar-refractivity contribution in [2.45, 2.75) is 18.2 Å². The molecular formula is C16H20N2O4S. The van der Waals surface area contributed by atoms with Crippen LogP contribution in [-0.2, 0) is 28.2 Å². The van der Waals surface area contributed by atoms with Gasteiger partial charge in [-0.25, -0.2) is 17.9 Å². The van der Waals surface area contributed by atoms with Gasteiger partial charge in [-0.3, -0.25) is 0 Å². The Bertz CT molecular complexity index is 795. The lowest BCUT2D eigenvalue weighted by atomic mass is 10.2. The fourth-order valence-electron chi connectivity index (χ4n) is 2.30. The topological polar surface area (TPSA) is 77.4 Å². The van der Waals surface area contributed by atoms with Crippen LogP contribution in [0.1, 0.15) is 21.7 Å². The predicted molar refractivity (Wildman–Crippen MR) is 86.8 cm³/mol. The van der Waals surface area contributed by atoms with Gasteiger partial charge in [0.05, 0.1) is 7.11 Å². The highest BCUT2D eigenvalue weighted by Crippen LogP contribution is 2.20. The molecule has 0 aliphatic rings. The number of methoxy groups -OCH3 is 1. The summed E-state index contributed by atoms with van der Waals surface area (Å²) in [6.07, 6.45) is 0.593. The van der Waals surface area contributed by atoms with Crippen LogP contribution in [0.2, 0.25) is 0 Å². The van der Waals surface area contributed by atoms with Gasteiger partial charge in [0, 0.05) is 19.3 Å². The number of aromatic nitrogens is 1. The molecular weight excluding hydrogens is 316 g/mol. The van der Waals surface area contributed by atoms with E-state index in [1.807, 2.05) is 30.3 Å². The van der Waals surface area contributed by atoms with E-state index in [4.69, 9.17) is 0 Å². The van der Waals surface area contributed by atoms with Crippen LogP contribution in [0.25, 0.3) is 0 Å². The van der Waals surface area contributed by atoms with Crippen molar-refractivity contribution >= 4 is 16.0 Å². The minimum absolute atomic E-state index is 0.0912. The molecule has 0 aliphatic carbocycles. The van der Waals surface area contributed by atoms with Gasteiger partial charge in [-0.1, -0.05) is 30.3 Å². The second kappa shape index (κ2) is 6.97. The van der Waals surface area contributed by atoms with Gasteiger partial charge >= 0.3 is 5.97 Å². The molecule has 1 aromatic carbocycles. The summed E-state index contributed by atoms with van der Waals surface area (Å²) in [6, 6.07) is 11.0. The van der Waals surface area contributed by atoms with E-state index >= 15 is 0 Å². The molecule has 2 aromatic rings. The van der Waals surface area contributed by atoms with Crippen LogP contribution < -0.4 is 4.72 Å². The smallest absolute Gasteiger partial charge is 0.354 e. The van der Waals surface area contributed by atoms with Gasteiger partial charge in [-0.15, -0.1) is 0 Å². The van der Waals surface area contributed by atoms with Crippen molar-refractivity contribution in [3.63, 3.8) is 0 Å². The second-order valence-corrected chi connectivity index (χ2v) is 6.90. The standard InChI is InChI=1S/C16H20N2O4S/c1-12-15(11-14(18(12)2)16(19)22-3)23(20,21)17-10-9-13-7-5-4-6-8-13/h4-8,11,17H,9-10H2,1-3H3. The van der Waals surface area contributed by atoms with Crippen LogP contribution >= 0.6 is 0 Å². The third-order valence-electron chi connectivity index (χ3n) is 3.72. The fourth-order valence-corrected chi connectivity index (χ4v) is 3.61. The summed E-state index contributed by atoms with van der Waals surface area (Å²) < 4.78 is 33.6. The molecule has 7 heteroatoms. The van der Waals surface area contributed by atoms with Crippen molar-refractivity contribution in [3.05, 3.63) is 53.3 Å². The van der Waals surface area contributed by atoms with E-state index in [0.29, 0.717) is 12.1 Å². The molecule has 124 valence electrons. The number of hydrogen-bond donors (Lipinski definition) is 1. The van der Waals surface area contributed by atoms with Crippen molar-refractivity contribution in [1.29, 1.82) is 0 Å². The Morgan fingerprint density at radius 1 is 1.26 bits per heavy atom. The lowest BCUT2D eigenvalue weighted by molar-refractivity contribution is 0.0589. The van der Waals surface area contributed by atoms with Crippen molar-refractivity contribution < 1.29 is 17.9 Å². The third kappa shape index (κ3) is 3.80. The average molecular weight is 336 g/mol. The number of ether oxygens (including phenoxy) is 1. The van der Waals surface area contributed by atoms with Crippen LogP contribution in [0, 0.1) is 6.92 Å². The molecule has 0 amide bonds. The van der Waals surface area contributed by atoms with Gasteiger partial charge < -0.3 is 9.30 Å².